The van der Waals surface area contributed by atoms with Crippen molar-refractivity contribution in [2.45, 2.75) is 20.3 Å². The predicted molar refractivity (Wildman–Crippen MR) is 107 cm³/mol. The summed E-state index contributed by atoms with van der Waals surface area (Å²) < 4.78 is 0. The fraction of sp³-hybridized carbons (Fsp3) is 0.158. The number of amides is 2. The Balaban J connectivity index is 1.55. The zero-order chi connectivity index (χ0) is 19.2. The number of aryl methyl sites for hydroxylation is 1. The van der Waals surface area contributed by atoms with Gasteiger partial charge in [0.1, 0.15) is 5.82 Å². The monoisotopic (exact) mass is 381 g/mol. The topological polar surface area (TPSA) is 96.0 Å². The number of nitrogens with one attached hydrogen (secondary N) is 3. The molecule has 0 radical (unpaired) electrons. The van der Waals surface area contributed by atoms with Crippen LogP contribution >= 0.6 is 11.3 Å². The summed E-state index contributed by atoms with van der Waals surface area (Å²) in [7, 11) is 0. The first-order valence-corrected chi connectivity index (χ1v) is 9.17. The van der Waals surface area contributed by atoms with Gasteiger partial charge < -0.3 is 16.0 Å². The second-order valence-electron chi connectivity index (χ2n) is 5.97. The maximum Gasteiger partial charge on any atom is 0.230 e. The van der Waals surface area contributed by atoms with E-state index in [0.29, 0.717) is 22.2 Å². The standard InChI is InChI=1S/C19H19N5O2S/c1-12-7-8-20-17(9-12)24-19-23-16(11-27-19)10-18(26)22-15-5-3-14(4-6-15)21-13(2)25/h3-9,11H,10H2,1-2H3,(H,21,25)(H,22,26)(H,20,23,24). The van der Waals surface area contributed by atoms with Crippen molar-refractivity contribution in [3.63, 3.8) is 0 Å². The van der Waals surface area contributed by atoms with Crippen LogP contribution in [0.5, 0.6) is 0 Å². The van der Waals surface area contributed by atoms with Crippen molar-refractivity contribution in [3.05, 3.63) is 59.2 Å². The Kier molecular flexibility index (Phi) is 5.77. The van der Waals surface area contributed by atoms with Gasteiger partial charge in [-0.3, -0.25) is 9.59 Å². The number of carbonyl (C=O) groups is 2. The maximum absolute atomic E-state index is 12.2. The summed E-state index contributed by atoms with van der Waals surface area (Å²) in [6, 6.07) is 10.8. The molecule has 2 amide bonds. The van der Waals surface area contributed by atoms with E-state index in [0.717, 1.165) is 11.4 Å². The number of carbonyl (C=O) groups excluding carboxylic acids is 2. The van der Waals surface area contributed by atoms with Crippen LogP contribution in [0.25, 0.3) is 0 Å². The average Bonchev–Trinajstić information content (AvgIpc) is 3.03. The highest BCUT2D eigenvalue weighted by molar-refractivity contribution is 7.13. The molecule has 138 valence electrons. The van der Waals surface area contributed by atoms with Gasteiger partial charge in [-0.15, -0.1) is 11.3 Å². The molecule has 0 unspecified atom stereocenters. The third-order valence-electron chi connectivity index (χ3n) is 3.53. The molecule has 0 fully saturated rings. The highest BCUT2D eigenvalue weighted by atomic mass is 32.1. The lowest BCUT2D eigenvalue weighted by Crippen LogP contribution is -2.14. The molecule has 0 aliphatic rings. The summed E-state index contributed by atoms with van der Waals surface area (Å²) in [6.07, 6.45) is 1.91. The molecule has 0 spiro atoms. The summed E-state index contributed by atoms with van der Waals surface area (Å²) in [5, 5.41) is 11.2. The Hall–Kier alpha value is -3.26. The van der Waals surface area contributed by atoms with Gasteiger partial charge in [0.05, 0.1) is 12.1 Å². The van der Waals surface area contributed by atoms with Gasteiger partial charge in [0.15, 0.2) is 5.13 Å². The van der Waals surface area contributed by atoms with E-state index in [1.54, 1.807) is 30.5 Å². The molecule has 3 aromatic rings. The van der Waals surface area contributed by atoms with Crippen LogP contribution in [0.15, 0.2) is 48.0 Å². The Morgan fingerprint density at radius 2 is 1.78 bits per heavy atom. The Labute approximate surface area is 160 Å². The third kappa shape index (κ3) is 5.61. The Bertz CT molecular complexity index is 953. The Morgan fingerprint density at radius 3 is 2.44 bits per heavy atom. The number of aromatic nitrogens is 2. The van der Waals surface area contributed by atoms with Gasteiger partial charge in [-0.1, -0.05) is 0 Å². The minimum atomic E-state index is -0.159. The Morgan fingerprint density at radius 1 is 1.07 bits per heavy atom. The molecule has 0 bridgehead atoms. The van der Waals surface area contributed by atoms with Crippen LogP contribution in [0.1, 0.15) is 18.2 Å². The van der Waals surface area contributed by atoms with Gasteiger partial charge in [-0.05, 0) is 48.9 Å². The molecule has 3 N–H and O–H groups in total. The van der Waals surface area contributed by atoms with Crippen LogP contribution in [0, 0.1) is 6.92 Å². The lowest BCUT2D eigenvalue weighted by Gasteiger charge is -2.06. The van der Waals surface area contributed by atoms with Gasteiger partial charge in [-0.25, -0.2) is 9.97 Å². The van der Waals surface area contributed by atoms with Crippen LogP contribution in [0.2, 0.25) is 0 Å². The van der Waals surface area contributed by atoms with E-state index in [1.165, 1.54) is 18.3 Å². The number of pyridine rings is 1. The summed E-state index contributed by atoms with van der Waals surface area (Å²) in [5.74, 6) is 0.424. The predicted octanol–water partition coefficient (Wildman–Crippen LogP) is 3.73. The quantitative estimate of drug-likeness (QED) is 0.605. The maximum atomic E-state index is 12.2. The van der Waals surface area contributed by atoms with Crippen LogP contribution in [-0.2, 0) is 16.0 Å². The summed E-state index contributed by atoms with van der Waals surface area (Å²) in [5.41, 5.74) is 3.13. The zero-order valence-electron chi connectivity index (χ0n) is 14.9. The number of anilines is 4. The molecular formula is C19H19N5O2S. The summed E-state index contributed by atoms with van der Waals surface area (Å²) in [4.78, 5) is 31.9. The molecule has 0 aliphatic heterocycles. The lowest BCUT2D eigenvalue weighted by atomic mass is 10.2. The van der Waals surface area contributed by atoms with E-state index in [9.17, 15) is 9.59 Å². The SMILES string of the molecule is CC(=O)Nc1ccc(NC(=O)Cc2csc(Nc3cc(C)ccn3)n2)cc1. The van der Waals surface area contributed by atoms with Gasteiger partial charge in [-0.2, -0.15) is 0 Å². The average molecular weight is 381 g/mol. The molecule has 27 heavy (non-hydrogen) atoms. The van der Waals surface area contributed by atoms with Gasteiger partial charge in [0.2, 0.25) is 11.8 Å². The molecule has 7 nitrogen and oxygen atoms in total. The van der Waals surface area contributed by atoms with Crippen molar-refractivity contribution in [1.82, 2.24) is 9.97 Å². The fourth-order valence-corrected chi connectivity index (χ4v) is 3.09. The molecule has 3 rings (SSSR count). The van der Waals surface area contributed by atoms with Crippen LogP contribution < -0.4 is 16.0 Å². The minimum absolute atomic E-state index is 0.138. The van der Waals surface area contributed by atoms with E-state index in [2.05, 4.69) is 25.9 Å². The van der Waals surface area contributed by atoms with Crippen molar-refractivity contribution >= 4 is 45.5 Å². The molecule has 0 saturated carbocycles. The number of hydrogen-bond donors (Lipinski definition) is 3. The fourth-order valence-electron chi connectivity index (χ4n) is 2.37. The van der Waals surface area contributed by atoms with Gasteiger partial charge in [0.25, 0.3) is 0 Å². The van der Waals surface area contributed by atoms with E-state index < -0.39 is 0 Å². The second-order valence-corrected chi connectivity index (χ2v) is 6.83. The number of hydrogen-bond acceptors (Lipinski definition) is 6. The van der Waals surface area contributed by atoms with E-state index in [4.69, 9.17) is 0 Å². The third-order valence-corrected chi connectivity index (χ3v) is 4.34. The number of nitrogens with zero attached hydrogens (tertiary/aromatic N) is 2. The van der Waals surface area contributed by atoms with Gasteiger partial charge >= 0.3 is 0 Å². The van der Waals surface area contributed by atoms with E-state index in [1.807, 2.05) is 24.4 Å². The number of rotatable bonds is 6. The van der Waals surface area contributed by atoms with Gasteiger partial charge in [0, 0.05) is 29.9 Å². The second kappa shape index (κ2) is 8.41. The molecular weight excluding hydrogens is 362 g/mol. The van der Waals surface area contributed by atoms with Crippen LogP contribution in [0.4, 0.5) is 22.3 Å². The zero-order valence-corrected chi connectivity index (χ0v) is 15.8. The van der Waals surface area contributed by atoms with Crippen molar-refractivity contribution in [1.29, 1.82) is 0 Å². The minimum Gasteiger partial charge on any atom is -0.326 e. The molecule has 0 atom stereocenters. The lowest BCUT2D eigenvalue weighted by molar-refractivity contribution is -0.116. The largest absolute Gasteiger partial charge is 0.326 e. The van der Waals surface area contributed by atoms with Crippen molar-refractivity contribution in [2.24, 2.45) is 0 Å². The number of thiazole rings is 1. The number of benzene rings is 1. The summed E-state index contributed by atoms with van der Waals surface area (Å²) in [6.45, 7) is 3.44. The van der Waals surface area contributed by atoms with Crippen LogP contribution in [-0.4, -0.2) is 21.8 Å². The van der Waals surface area contributed by atoms with Crippen molar-refractivity contribution in [3.8, 4) is 0 Å². The highest BCUT2D eigenvalue weighted by Crippen LogP contribution is 2.21. The molecule has 8 heteroatoms. The summed E-state index contributed by atoms with van der Waals surface area (Å²) >= 11 is 1.42. The highest BCUT2D eigenvalue weighted by Gasteiger charge is 2.09. The molecule has 0 aliphatic carbocycles. The first-order valence-electron chi connectivity index (χ1n) is 8.29. The molecule has 0 saturated heterocycles. The van der Waals surface area contributed by atoms with Crippen molar-refractivity contribution < 1.29 is 9.59 Å². The first-order chi connectivity index (χ1) is 13.0. The smallest absolute Gasteiger partial charge is 0.230 e. The van der Waals surface area contributed by atoms with Crippen molar-refractivity contribution in [2.75, 3.05) is 16.0 Å². The molecule has 1 aromatic carbocycles. The molecule has 2 heterocycles. The van der Waals surface area contributed by atoms with E-state index in [-0.39, 0.29) is 18.2 Å². The van der Waals surface area contributed by atoms with Crippen LogP contribution in [0.3, 0.4) is 0 Å². The molecule has 2 aromatic heterocycles. The first kappa shape index (κ1) is 18.5. The van der Waals surface area contributed by atoms with E-state index >= 15 is 0 Å². The normalized spacial score (nSPS) is 10.3.